The number of nitrogens with one attached hydrogen (secondary N) is 1. The fraction of sp³-hybridized carbons (Fsp3) is 0.433. The molecule has 1 saturated heterocycles. The Morgan fingerprint density at radius 1 is 0.810 bits per heavy atom. The van der Waals surface area contributed by atoms with Crippen molar-refractivity contribution in [2.24, 2.45) is 11.8 Å². The van der Waals surface area contributed by atoms with E-state index in [2.05, 4.69) is 21.2 Å². The molecule has 42 heavy (non-hydrogen) atoms. The average molecular weight is 646 g/mol. The summed E-state index contributed by atoms with van der Waals surface area (Å²) in [7, 11) is 0. The monoisotopic (exact) mass is 644 g/mol. The molecule has 0 radical (unpaired) electrons. The molecule has 3 atom stereocenters. The molecular weight excluding hydrogens is 612 g/mol. The predicted octanol–water partition coefficient (Wildman–Crippen LogP) is 3.02. The van der Waals surface area contributed by atoms with Gasteiger partial charge < -0.3 is 23.8 Å². The number of benzene rings is 2. The van der Waals surface area contributed by atoms with Gasteiger partial charge in [0.2, 0.25) is 5.54 Å². The van der Waals surface area contributed by atoms with Gasteiger partial charge in [-0.25, -0.2) is 9.59 Å². The van der Waals surface area contributed by atoms with Crippen molar-refractivity contribution in [1.29, 1.82) is 0 Å². The minimum absolute atomic E-state index is 0.0952. The molecule has 0 aliphatic carbocycles. The van der Waals surface area contributed by atoms with Crippen molar-refractivity contribution in [1.82, 2.24) is 5.32 Å². The molecule has 4 rings (SSSR count). The summed E-state index contributed by atoms with van der Waals surface area (Å²) in [5.41, 5.74) is -3.25. The van der Waals surface area contributed by atoms with Gasteiger partial charge in [-0.15, -0.1) is 0 Å². The van der Waals surface area contributed by atoms with Gasteiger partial charge >= 0.3 is 23.9 Å². The number of nitrogens with zero attached hydrogens (tertiary/aromatic N) is 1. The second-order valence-corrected chi connectivity index (χ2v) is 10.6. The zero-order chi connectivity index (χ0) is 30.7. The number of esters is 4. The molecule has 2 heterocycles. The Morgan fingerprint density at radius 2 is 1.36 bits per heavy atom. The molecule has 1 fully saturated rings. The predicted molar refractivity (Wildman–Crippen MR) is 153 cm³/mol. The Kier molecular flexibility index (Phi) is 9.37. The normalized spacial score (nSPS) is 22.0. The van der Waals surface area contributed by atoms with Gasteiger partial charge in [-0.3, -0.25) is 19.7 Å². The number of halogens is 1. The third-order valence-electron chi connectivity index (χ3n) is 7.38. The number of carbonyl (C=O) groups excluding carboxylic acids is 5. The van der Waals surface area contributed by atoms with Crippen molar-refractivity contribution in [2.45, 2.75) is 45.3 Å². The summed E-state index contributed by atoms with van der Waals surface area (Å²) in [6.07, 6.45) is 0. The van der Waals surface area contributed by atoms with Gasteiger partial charge in [0.15, 0.2) is 0 Å². The smallest absolute Gasteiger partial charge is 0.339 e. The highest BCUT2D eigenvalue weighted by Gasteiger charge is 2.79. The van der Waals surface area contributed by atoms with Gasteiger partial charge in [0, 0.05) is 10.0 Å². The van der Waals surface area contributed by atoms with Crippen LogP contribution in [0.2, 0.25) is 0 Å². The lowest BCUT2D eigenvalue weighted by Crippen LogP contribution is -2.65. The number of anilines is 1. The molecule has 0 unspecified atom stereocenters. The van der Waals surface area contributed by atoms with Crippen LogP contribution in [0.1, 0.15) is 38.8 Å². The fourth-order valence-corrected chi connectivity index (χ4v) is 6.18. The highest BCUT2D eigenvalue weighted by Crippen LogP contribution is 2.56. The summed E-state index contributed by atoms with van der Waals surface area (Å²) in [5.74, 6) is -8.63. The molecule has 2 aliphatic heterocycles. The lowest BCUT2D eigenvalue weighted by atomic mass is 9.72. The number of hydrogen-bond donors (Lipinski definition) is 1. The number of fused-ring (bicyclic) bond motifs is 2. The van der Waals surface area contributed by atoms with E-state index < -0.39 is 52.7 Å². The standard InChI is InChI=1S/C30H33BrN2O9/c1-5-39-24(34)22-23(25(35)40-6-2)30(27(37)41-7-3,28(38)42-8-4)32-29(22)20-15-14-19(31)16-21(20)33(26(29)36)17-18-12-10-9-11-13-18/h9-16,22-23,32H,5-8,17H2,1-4H3/t22-,23+,29+/m0/s1. The largest absolute Gasteiger partial charge is 0.466 e. The highest BCUT2D eigenvalue weighted by atomic mass is 79.9. The molecule has 2 aromatic rings. The Balaban J connectivity index is 2.06. The summed E-state index contributed by atoms with van der Waals surface area (Å²) >= 11 is 3.46. The van der Waals surface area contributed by atoms with Gasteiger partial charge in [-0.2, -0.15) is 0 Å². The minimum atomic E-state index is -2.61. The molecule has 11 nitrogen and oxygen atoms in total. The maximum Gasteiger partial charge on any atom is 0.339 e. The van der Waals surface area contributed by atoms with Crippen LogP contribution >= 0.6 is 15.9 Å². The quantitative estimate of drug-likeness (QED) is 0.233. The molecule has 12 heteroatoms. The summed E-state index contributed by atoms with van der Waals surface area (Å²) in [6.45, 7) is 5.72. The Hall–Kier alpha value is -3.77. The van der Waals surface area contributed by atoms with E-state index >= 15 is 0 Å². The van der Waals surface area contributed by atoms with E-state index in [4.69, 9.17) is 18.9 Å². The molecule has 0 saturated carbocycles. The Labute approximate surface area is 251 Å². The molecule has 2 aromatic carbocycles. The zero-order valence-electron chi connectivity index (χ0n) is 23.8. The molecular formula is C30H33BrN2O9. The summed E-state index contributed by atoms with van der Waals surface area (Å²) in [4.78, 5) is 71.6. The van der Waals surface area contributed by atoms with E-state index in [-0.39, 0.29) is 38.5 Å². The van der Waals surface area contributed by atoms with Crippen molar-refractivity contribution in [2.75, 3.05) is 31.3 Å². The average Bonchev–Trinajstić information content (AvgIpc) is 3.41. The van der Waals surface area contributed by atoms with E-state index in [1.54, 1.807) is 32.0 Å². The molecule has 0 aromatic heterocycles. The van der Waals surface area contributed by atoms with E-state index in [1.165, 1.54) is 18.7 Å². The van der Waals surface area contributed by atoms with E-state index in [0.29, 0.717) is 10.2 Å². The van der Waals surface area contributed by atoms with Crippen LogP contribution in [0.15, 0.2) is 53.0 Å². The first-order valence-corrected chi connectivity index (χ1v) is 14.6. The SMILES string of the molecule is CCOC(=O)[C@@H]1[C@H](C(=O)OCC)C(C(=O)OCC)(C(=O)OCC)N[C@@]12C(=O)N(Cc1ccccc1)c1cc(Br)ccc12. The van der Waals surface area contributed by atoms with Crippen molar-refractivity contribution in [3.8, 4) is 0 Å². The topological polar surface area (TPSA) is 138 Å². The third-order valence-corrected chi connectivity index (χ3v) is 7.87. The van der Waals surface area contributed by atoms with Crippen LogP contribution < -0.4 is 10.2 Å². The zero-order valence-corrected chi connectivity index (χ0v) is 25.4. The summed E-state index contributed by atoms with van der Waals surface area (Å²) in [6, 6.07) is 14.1. The van der Waals surface area contributed by atoms with Gasteiger partial charge in [-0.1, -0.05) is 52.3 Å². The van der Waals surface area contributed by atoms with Crippen LogP contribution in [0, 0.1) is 11.8 Å². The van der Waals surface area contributed by atoms with E-state index in [9.17, 15) is 24.0 Å². The molecule has 1 amide bonds. The molecule has 1 spiro atoms. The lowest BCUT2D eigenvalue weighted by Gasteiger charge is -2.31. The summed E-state index contributed by atoms with van der Waals surface area (Å²) < 4.78 is 22.0. The van der Waals surface area contributed by atoms with Crippen LogP contribution in [0.4, 0.5) is 5.69 Å². The van der Waals surface area contributed by atoms with E-state index in [1.807, 2.05) is 30.3 Å². The highest BCUT2D eigenvalue weighted by molar-refractivity contribution is 9.10. The number of carbonyl (C=O) groups is 5. The molecule has 224 valence electrons. The van der Waals surface area contributed by atoms with Gasteiger partial charge in [0.25, 0.3) is 5.91 Å². The van der Waals surface area contributed by atoms with Crippen LogP contribution in [0.25, 0.3) is 0 Å². The van der Waals surface area contributed by atoms with Crippen molar-refractivity contribution in [3.63, 3.8) is 0 Å². The van der Waals surface area contributed by atoms with Crippen LogP contribution in [0.5, 0.6) is 0 Å². The first kappa shape index (κ1) is 31.2. The lowest BCUT2D eigenvalue weighted by molar-refractivity contribution is -0.176. The van der Waals surface area contributed by atoms with Crippen LogP contribution in [-0.4, -0.2) is 61.8 Å². The summed E-state index contributed by atoms with van der Waals surface area (Å²) in [5, 5.41) is 2.91. The molecule has 0 bridgehead atoms. The van der Waals surface area contributed by atoms with E-state index in [0.717, 1.165) is 5.56 Å². The maximum atomic E-state index is 14.8. The first-order chi connectivity index (χ1) is 20.1. The van der Waals surface area contributed by atoms with Crippen molar-refractivity contribution >= 4 is 51.4 Å². The first-order valence-electron chi connectivity index (χ1n) is 13.8. The second kappa shape index (κ2) is 12.6. The number of hydrogen-bond acceptors (Lipinski definition) is 10. The van der Waals surface area contributed by atoms with Crippen LogP contribution in [0.3, 0.4) is 0 Å². The third kappa shape index (κ3) is 4.96. The Morgan fingerprint density at radius 3 is 1.90 bits per heavy atom. The van der Waals surface area contributed by atoms with Gasteiger partial charge in [0.05, 0.1) is 38.7 Å². The minimum Gasteiger partial charge on any atom is -0.466 e. The molecule has 2 aliphatic rings. The van der Waals surface area contributed by atoms with Gasteiger partial charge in [0.1, 0.15) is 17.4 Å². The van der Waals surface area contributed by atoms with Crippen molar-refractivity contribution in [3.05, 3.63) is 64.1 Å². The maximum absolute atomic E-state index is 14.8. The Bertz CT molecular complexity index is 1360. The molecule has 1 N–H and O–H groups in total. The van der Waals surface area contributed by atoms with Gasteiger partial charge in [-0.05, 0) is 45.4 Å². The van der Waals surface area contributed by atoms with Crippen LogP contribution in [-0.2, 0) is 55.0 Å². The number of amides is 1. The fourth-order valence-electron chi connectivity index (χ4n) is 5.83. The second-order valence-electron chi connectivity index (χ2n) is 9.68. The van der Waals surface area contributed by atoms with Crippen molar-refractivity contribution < 1.29 is 42.9 Å². The number of ether oxygens (including phenoxy) is 4. The number of rotatable bonds is 10.